The number of anilines is 1. The van der Waals surface area contributed by atoms with Crippen molar-refractivity contribution in [1.82, 2.24) is 4.98 Å². The Morgan fingerprint density at radius 1 is 1.07 bits per heavy atom. The molecule has 5 nitrogen and oxygen atoms in total. The van der Waals surface area contributed by atoms with E-state index in [2.05, 4.69) is 30.2 Å². The number of fused-ring (bicyclic) bond motifs is 1. The van der Waals surface area contributed by atoms with E-state index in [-0.39, 0.29) is 5.91 Å². The zero-order chi connectivity index (χ0) is 18.8. The Morgan fingerprint density at radius 3 is 2.70 bits per heavy atom. The summed E-state index contributed by atoms with van der Waals surface area (Å²) in [5, 5.41) is 5.41. The molecule has 1 aliphatic rings. The minimum atomic E-state index is -0.0682. The number of aromatic nitrogens is 1. The first-order valence-electron chi connectivity index (χ1n) is 8.80. The summed E-state index contributed by atoms with van der Waals surface area (Å²) in [6.07, 6.45) is 0.333. The van der Waals surface area contributed by atoms with E-state index < -0.39 is 0 Å². The van der Waals surface area contributed by atoms with Gasteiger partial charge in [-0.2, -0.15) is 0 Å². The van der Waals surface area contributed by atoms with Crippen LogP contribution in [0.2, 0.25) is 0 Å². The third-order valence-corrected chi connectivity index (χ3v) is 5.28. The van der Waals surface area contributed by atoms with E-state index in [0.29, 0.717) is 24.8 Å². The maximum absolute atomic E-state index is 12.3. The molecule has 0 saturated carbocycles. The highest BCUT2D eigenvalue weighted by molar-refractivity contribution is 7.14. The van der Waals surface area contributed by atoms with Gasteiger partial charge in [0.15, 0.2) is 16.6 Å². The lowest BCUT2D eigenvalue weighted by atomic mass is 10.0. The quantitative estimate of drug-likeness (QED) is 0.730. The van der Waals surface area contributed by atoms with Gasteiger partial charge >= 0.3 is 0 Å². The van der Waals surface area contributed by atoms with Crippen molar-refractivity contribution in [2.24, 2.45) is 0 Å². The SMILES string of the molecule is Cc1ccc(CC(=O)Nc2nc(-c3ccc4c(c3)OCCO4)cs2)cc1C. The van der Waals surface area contributed by atoms with Gasteiger partial charge in [-0.15, -0.1) is 11.3 Å². The molecule has 0 saturated heterocycles. The van der Waals surface area contributed by atoms with E-state index in [9.17, 15) is 4.79 Å². The number of aryl methyl sites for hydroxylation is 2. The minimum absolute atomic E-state index is 0.0682. The molecule has 1 aromatic heterocycles. The third kappa shape index (κ3) is 3.95. The Hall–Kier alpha value is -2.86. The lowest BCUT2D eigenvalue weighted by Crippen LogP contribution is -2.15. The Labute approximate surface area is 162 Å². The molecule has 3 aromatic rings. The average molecular weight is 380 g/mol. The second-order valence-electron chi connectivity index (χ2n) is 6.54. The monoisotopic (exact) mass is 380 g/mol. The number of nitrogens with one attached hydrogen (secondary N) is 1. The highest BCUT2D eigenvalue weighted by Gasteiger charge is 2.14. The van der Waals surface area contributed by atoms with Crippen molar-refractivity contribution in [3.8, 4) is 22.8 Å². The number of carbonyl (C=O) groups is 1. The van der Waals surface area contributed by atoms with Gasteiger partial charge in [0.2, 0.25) is 5.91 Å². The van der Waals surface area contributed by atoms with Crippen LogP contribution in [0.15, 0.2) is 41.8 Å². The first-order valence-corrected chi connectivity index (χ1v) is 9.68. The Bertz CT molecular complexity index is 997. The summed E-state index contributed by atoms with van der Waals surface area (Å²) in [4.78, 5) is 16.9. The van der Waals surface area contributed by atoms with Crippen molar-refractivity contribution in [1.29, 1.82) is 0 Å². The number of amides is 1. The standard InChI is InChI=1S/C21H20N2O3S/c1-13-3-4-15(9-14(13)2)10-20(24)23-21-22-17(12-27-21)16-5-6-18-19(11-16)26-8-7-25-18/h3-6,9,11-12H,7-8,10H2,1-2H3,(H,22,23,24). The molecule has 2 heterocycles. The van der Waals surface area contributed by atoms with Gasteiger partial charge in [-0.1, -0.05) is 18.2 Å². The number of hydrogen-bond donors (Lipinski definition) is 1. The van der Waals surface area contributed by atoms with Crippen molar-refractivity contribution in [2.75, 3.05) is 18.5 Å². The van der Waals surface area contributed by atoms with E-state index in [0.717, 1.165) is 28.3 Å². The van der Waals surface area contributed by atoms with Gasteiger partial charge in [-0.25, -0.2) is 4.98 Å². The minimum Gasteiger partial charge on any atom is -0.486 e. The maximum Gasteiger partial charge on any atom is 0.230 e. The fourth-order valence-corrected chi connectivity index (χ4v) is 3.66. The second kappa shape index (κ2) is 7.40. The largest absolute Gasteiger partial charge is 0.486 e. The number of benzene rings is 2. The van der Waals surface area contributed by atoms with Crippen LogP contribution in [0.4, 0.5) is 5.13 Å². The fourth-order valence-electron chi connectivity index (χ4n) is 2.93. The van der Waals surface area contributed by atoms with Crippen molar-refractivity contribution in [2.45, 2.75) is 20.3 Å². The van der Waals surface area contributed by atoms with Crippen LogP contribution in [0.3, 0.4) is 0 Å². The molecule has 1 amide bonds. The fraction of sp³-hybridized carbons (Fsp3) is 0.238. The molecule has 0 radical (unpaired) electrons. The molecule has 0 spiro atoms. The summed E-state index contributed by atoms with van der Waals surface area (Å²) in [5.41, 5.74) is 5.15. The zero-order valence-corrected chi connectivity index (χ0v) is 16.1. The molecule has 0 unspecified atom stereocenters. The van der Waals surface area contributed by atoms with Crippen LogP contribution in [0.5, 0.6) is 11.5 Å². The summed E-state index contributed by atoms with van der Waals surface area (Å²) >= 11 is 1.41. The van der Waals surface area contributed by atoms with Gasteiger partial charge in [0, 0.05) is 10.9 Å². The van der Waals surface area contributed by atoms with E-state index in [1.165, 1.54) is 22.5 Å². The Balaban J connectivity index is 1.44. The normalized spacial score (nSPS) is 12.7. The molecule has 1 aliphatic heterocycles. The number of nitrogens with zero attached hydrogens (tertiary/aromatic N) is 1. The summed E-state index contributed by atoms with van der Waals surface area (Å²) in [6.45, 7) is 5.23. The maximum atomic E-state index is 12.3. The third-order valence-electron chi connectivity index (χ3n) is 4.52. The highest BCUT2D eigenvalue weighted by atomic mass is 32.1. The van der Waals surface area contributed by atoms with Crippen molar-refractivity contribution < 1.29 is 14.3 Å². The Morgan fingerprint density at radius 2 is 1.89 bits per heavy atom. The smallest absolute Gasteiger partial charge is 0.230 e. The van der Waals surface area contributed by atoms with Gasteiger partial charge in [0.05, 0.1) is 12.1 Å². The van der Waals surface area contributed by atoms with E-state index in [1.54, 1.807) is 0 Å². The number of ether oxygens (including phenoxy) is 2. The van der Waals surface area contributed by atoms with Gasteiger partial charge in [0.25, 0.3) is 0 Å². The zero-order valence-electron chi connectivity index (χ0n) is 15.2. The van der Waals surface area contributed by atoms with Crippen LogP contribution in [0, 0.1) is 13.8 Å². The first kappa shape index (κ1) is 17.5. The summed E-state index contributed by atoms with van der Waals surface area (Å²) in [6, 6.07) is 11.8. The predicted octanol–water partition coefficient (Wildman–Crippen LogP) is 4.38. The van der Waals surface area contributed by atoms with Crippen LogP contribution < -0.4 is 14.8 Å². The molecule has 6 heteroatoms. The highest BCUT2D eigenvalue weighted by Crippen LogP contribution is 2.35. The van der Waals surface area contributed by atoms with E-state index >= 15 is 0 Å². The topological polar surface area (TPSA) is 60.5 Å². The van der Waals surface area contributed by atoms with Gasteiger partial charge in [-0.05, 0) is 48.7 Å². The van der Waals surface area contributed by atoms with Crippen molar-refractivity contribution >= 4 is 22.4 Å². The average Bonchev–Trinajstić information content (AvgIpc) is 3.12. The molecule has 2 aromatic carbocycles. The molecule has 1 N–H and O–H groups in total. The molecule has 27 heavy (non-hydrogen) atoms. The molecule has 0 bridgehead atoms. The molecular formula is C21H20N2O3S. The molecule has 0 atom stereocenters. The molecular weight excluding hydrogens is 360 g/mol. The summed E-state index contributed by atoms with van der Waals surface area (Å²) in [7, 11) is 0. The number of rotatable bonds is 4. The van der Waals surface area contributed by atoms with E-state index in [4.69, 9.17) is 9.47 Å². The number of thiazole rings is 1. The molecule has 0 aliphatic carbocycles. The number of carbonyl (C=O) groups excluding carboxylic acids is 1. The summed E-state index contributed by atoms with van der Waals surface area (Å²) in [5.74, 6) is 1.41. The van der Waals surface area contributed by atoms with Gasteiger partial charge < -0.3 is 14.8 Å². The van der Waals surface area contributed by atoms with Crippen LogP contribution >= 0.6 is 11.3 Å². The van der Waals surface area contributed by atoms with Gasteiger partial charge in [-0.3, -0.25) is 4.79 Å². The predicted molar refractivity (Wildman–Crippen MR) is 107 cm³/mol. The van der Waals surface area contributed by atoms with Crippen LogP contribution in [0.1, 0.15) is 16.7 Å². The van der Waals surface area contributed by atoms with Crippen molar-refractivity contribution in [3.05, 3.63) is 58.5 Å². The lowest BCUT2D eigenvalue weighted by Gasteiger charge is -2.18. The van der Waals surface area contributed by atoms with E-state index in [1.807, 2.05) is 35.7 Å². The number of hydrogen-bond acceptors (Lipinski definition) is 5. The summed E-state index contributed by atoms with van der Waals surface area (Å²) < 4.78 is 11.2. The van der Waals surface area contributed by atoms with Gasteiger partial charge in [0.1, 0.15) is 13.2 Å². The first-order chi connectivity index (χ1) is 13.1. The lowest BCUT2D eigenvalue weighted by molar-refractivity contribution is -0.115. The van der Waals surface area contributed by atoms with Crippen LogP contribution in [0.25, 0.3) is 11.3 Å². The van der Waals surface area contributed by atoms with Crippen LogP contribution in [-0.2, 0) is 11.2 Å². The van der Waals surface area contributed by atoms with Crippen molar-refractivity contribution in [3.63, 3.8) is 0 Å². The molecule has 4 rings (SSSR count). The molecule has 0 fully saturated rings. The molecule has 138 valence electrons. The second-order valence-corrected chi connectivity index (χ2v) is 7.40. The van der Waals surface area contributed by atoms with Crippen LogP contribution in [-0.4, -0.2) is 24.1 Å². The Kier molecular flexibility index (Phi) is 4.81.